The van der Waals surface area contributed by atoms with Crippen LogP contribution in [0, 0.1) is 19.8 Å². The summed E-state index contributed by atoms with van der Waals surface area (Å²) in [7, 11) is 0. The van der Waals surface area contributed by atoms with Gasteiger partial charge in [0, 0.05) is 38.3 Å². The van der Waals surface area contributed by atoms with Gasteiger partial charge in [0.2, 0.25) is 0 Å². The number of pyridine rings is 1. The Bertz CT molecular complexity index is 674. The number of benzene rings is 1. The Morgan fingerprint density at radius 2 is 2.00 bits per heavy atom. The number of halogens is 1. The molecule has 6 heteroatoms. The first-order valence-electron chi connectivity index (χ1n) is 8.86. The largest absolute Gasteiger partial charge is 0.487 e. The number of nitrogens with zero attached hydrogens (tertiary/aromatic N) is 1. The van der Waals surface area contributed by atoms with Crippen molar-refractivity contribution in [3.05, 3.63) is 58.9 Å². The number of aliphatic hydroxyl groups excluding tert-OH is 1. The topological polar surface area (TPSA) is 66.4 Å². The number of hydrogen-bond acceptors (Lipinski definition) is 5. The van der Waals surface area contributed by atoms with Crippen LogP contribution in [-0.4, -0.2) is 35.8 Å². The van der Waals surface area contributed by atoms with Crippen LogP contribution in [0.15, 0.2) is 36.5 Å². The molecule has 142 valence electrons. The number of aryl methyl sites for hydroxylation is 2. The summed E-state index contributed by atoms with van der Waals surface area (Å²) < 4.78 is 5.98. The highest BCUT2D eigenvalue weighted by Crippen LogP contribution is 2.25. The maximum atomic E-state index is 9.84. The van der Waals surface area contributed by atoms with E-state index in [0.29, 0.717) is 19.1 Å². The van der Waals surface area contributed by atoms with Crippen LogP contribution in [0.5, 0.6) is 5.75 Å². The molecule has 0 aliphatic carbocycles. The predicted octanol–water partition coefficient (Wildman–Crippen LogP) is 2.37. The van der Waals surface area contributed by atoms with E-state index in [1.165, 1.54) is 5.56 Å². The quantitative estimate of drug-likeness (QED) is 0.691. The van der Waals surface area contributed by atoms with E-state index in [0.717, 1.165) is 42.2 Å². The molecule has 1 saturated heterocycles. The van der Waals surface area contributed by atoms with Crippen molar-refractivity contribution >= 4 is 12.4 Å². The van der Waals surface area contributed by atoms with Crippen LogP contribution in [0.4, 0.5) is 0 Å². The van der Waals surface area contributed by atoms with Crippen LogP contribution in [0.3, 0.4) is 0 Å². The third-order valence-corrected chi connectivity index (χ3v) is 4.65. The first-order chi connectivity index (χ1) is 12.1. The molecule has 2 atom stereocenters. The maximum Gasteiger partial charge on any atom is 0.130 e. The minimum atomic E-state index is -0.238. The normalized spacial score (nSPS) is 19.2. The fourth-order valence-electron chi connectivity index (χ4n) is 3.33. The summed E-state index contributed by atoms with van der Waals surface area (Å²) in [4.78, 5) is 4.29. The van der Waals surface area contributed by atoms with Crippen LogP contribution in [0.1, 0.15) is 22.4 Å². The number of rotatable bonds is 7. The van der Waals surface area contributed by atoms with Gasteiger partial charge in [0.25, 0.3) is 0 Å². The molecule has 0 amide bonds. The average molecular weight is 378 g/mol. The molecule has 2 heterocycles. The van der Waals surface area contributed by atoms with E-state index in [1.807, 2.05) is 18.2 Å². The number of aromatic nitrogens is 1. The number of β-amino-alcohol motifs (C(OH)–C–C–N with tert-alkyl or cyclic N) is 1. The Morgan fingerprint density at radius 1 is 1.23 bits per heavy atom. The molecule has 26 heavy (non-hydrogen) atoms. The first kappa shape index (κ1) is 20.6. The lowest BCUT2D eigenvalue weighted by Gasteiger charge is -2.16. The van der Waals surface area contributed by atoms with Crippen LogP contribution < -0.4 is 15.4 Å². The summed E-state index contributed by atoms with van der Waals surface area (Å²) in [5.41, 5.74) is 4.43. The summed E-state index contributed by atoms with van der Waals surface area (Å²) in [6.07, 6.45) is 1.54. The van der Waals surface area contributed by atoms with Crippen molar-refractivity contribution in [3.8, 4) is 5.75 Å². The molecule has 1 aliphatic rings. The summed E-state index contributed by atoms with van der Waals surface area (Å²) in [5, 5.41) is 16.5. The van der Waals surface area contributed by atoms with E-state index in [-0.39, 0.29) is 18.5 Å². The summed E-state index contributed by atoms with van der Waals surface area (Å²) in [6.45, 7) is 7.84. The van der Waals surface area contributed by atoms with Gasteiger partial charge in [-0.05, 0) is 42.7 Å². The van der Waals surface area contributed by atoms with Crippen molar-refractivity contribution in [2.24, 2.45) is 5.92 Å². The predicted molar refractivity (Wildman–Crippen MR) is 106 cm³/mol. The lowest BCUT2D eigenvalue weighted by atomic mass is 10.0. The molecule has 1 aromatic heterocycles. The minimum Gasteiger partial charge on any atom is -0.487 e. The zero-order valence-corrected chi connectivity index (χ0v) is 16.2. The molecule has 2 unspecified atom stereocenters. The third kappa shape index (κ3) is 5.42. The number of ether oxygens (including phenoxy) is 1. The van der Waals surface area contributed by atoms with Gasteiger partial charge in [-0.1, -0.05) is 18.2 Å². The standard InChI is InChI=1S/C20H27N3O2.ClH/c1-14-7-16(9-21-10-17-11-22-12-19(17)24)8-15(2)20(14)25-13-18-5-3-4-6-23-18;/h3-8,17,19,21-22,24H,9-13H2,1-2H3;1H. The molecule has 3 N–H and O–H groups in total. The summed E-state index contributed by atoms with van der Waals surface area (Å²) in [5.74, 6) is 1.23. The van der Waals surface area contributed by atoms with E-state index in [9.17, 15) is 5.11 Å². The lowest BCUT2D eigenvalue weighted by Crippen LogP contribution is -2.30. The van der Waals surface area contributed by atoms with Crippen LogP contribution in [0.2, 0.25) is 0 Å². The van der Waals surface area contributed by atoms with Crippen LogP contribution >= 0.6 is 12.4 Å². The van der Waals surface area contributed by atoms with Crippen molar-refractivity contribution in [1.29, 1.82) is 0 Å². The monoisotopic (exact) mass is 377 g/mol. The van der Waals surface area contributed by atoms with Crippen molar-refractivity contribution in [1.82, 2.24) is 15.6 Å². The van der Waals surface area contributed by atoms with E-state index >= 15 is 0 Å². The second kappa shape index (κ2) is 9.88. The highest BCUT2D eigenvalue weighted by Gasteiger charge is 2.24. The van der Waals surface area contributed by atoms with Crippen LogP contribution in [0.25, 0.3) is 0 Å². The molecule has 1 aromatic carbocycles. The third-order valence-electron chi connectivity index (χ3n) is 4.65. The fourth-order valence-corrected chi connectivity index (χ4v) is 3.33. The van der Waals surface area contributed by atoms with Crippen LogP contribution in [-0.2, 0) is 13.2 Å². The van der Waals surface area contributed by atoms with Gasteiger partial charge in [0.1, 0.15) is 12.4 Å². The zero-order valence-electron chi connectivity index (χ0n) is 15.4. The van der Waals surface area contributed by atoms with Gasteiger partial charge in [-0.2, -0.15) is 0 Å². The van der Waals surface area contributed by atoms with E-state index < -0.39 is 0 Å². The van der Waals surface area contributed by atoms with Gasteiger partial charge in [-0.15, -0.1) is 12.4 Å². The molecule has 3 rings (SSSR count). The highest BCUT2D eigenvalue weighted by molar-refractivity contribution is 5.85. The SMILES string of the molecule is Cc1cc(CNCC2CNCC2O)cc(C)c1OCc1ccccn1.Cl. The smallest absolute Gasteiger partial charge is 0.130 e. The lowest BCUT2D eigenvalue weighted by molar-refractivity contribution is 0.146. The number of nitrogens with one attached hydrogen (secondary N) is 2. The molecule has 0 radical (unpaired) electrons. The van der Waals surface area contributed by atoms with Gasteiger partial charge >= 0.3 is 0 Å². The van der Waals surface area contributed by atoms with Gasteiger partial charge in [0.05, 0.1) is 11.8 Å². The fraction of sp³-hybridized carbons (Fsp3) is 0.450. The molecular formula is C20H28ClN3O2. The Hall–Kier alpha value is -1.66. The molecule has 1 fully saturated rings. The highest BCUT2D eigenvalue weighted by atomic mass is 35.5. The minimum absolute atomic E-state index is 0. The molecule has 2 aromatic rings. The summed E-state index contributed by atoms with van der Waals surface area (Å²) >= 11 is 0. The van der Waals surface area contributed by atoms with Crippen molar-refractivity contribution < 1.29 is 9.84 Å². The second-order valence-corrected chi connectivity index (χ2v) is 6.79. The number of hydrogen-bond donors (Lipinski definition) is 3. The zero-order chi connectivity index (χ0) is 17.6. The van der Waals surface area contributed by atoms with E-state index in [1.54, 1.807) is 6.20 Å². The van der Waals surface area contributed by atoms with Crippen molar-refractivity contribution in [3.63, 3.8) is 0 Å². The Labute approximate surface area is 161 Å². The first-order valence-corrected chi connectivity index (χ1v) is 8.86. The number of aliphatic hydroxyl groups is 1. The Morgan fingerprint density at radius 3 is 2.62 bits per heavy atom. The molecule has 1 aliphatic heterocycles. The Kier molecular flexibility index (Phi) is 7.85. The van der Waals surface area contributed by atoms with E-state index in [4.69, 9.17) is 4.74 Å². The average Bonchev–Trinajstić information content (AvgIpc) is 3.00. The maximum absolute atomic E-state index is 9.84. The molecule has 0 spiro atoms. The van der Waals surface area contributed by atoms with Crippen molar-refractivity contribution in [2.75, 3.05) is 19.6 Å². The van der Waals surface area contributed by atoms with Gasteiger partial charge < -0.3 is 20.5 Å². The molecule has 0 saturated carbocycles. The van der Waals surface area contributed by atoms with Gasteiger partial charge in [-0.25, -0.2) is 0 Å². The molecule has 0 bridgehead atoms. The molecular weight excluding hydrogens is 350 g/mol. The second-order valence-electron chi connectivity index (χ2n) is 6.79. The van der Waals surface area contributed by atoms with Gasteiger partial charge in [-0.3, -0.25) is 4.98 Å². The van der Waals surface area contributed by atoms with Gasteiger partial charge in [0.15, 0.2) is 0 Å². The van der Waals surface area contributed by atoms with Crippen molar-refractivity contribution in [2.45, 2.75) is 33.1 Å². The molecule has 5 nitrogen and oxygen atoms in total. The van der Waals surface area contributed by atoms with E-state index in [2.05, 4.69) is 41.6 Å². The Balaban J connectivity index is 0.00000243. The summed E-state index contributed by atoms with van der Waals surface area (Å²) in [6, 6.07) is 10.2.